The number of amides is 1. The standard InChI is InChI=1S/C19H19F3N4O2/c1-12-16(26(23-2)11-18(27)25-6-3-7-25)8-14(10-24-12)13-4-5-15(20)17(9-13)28-19(21)22/h4-5,8-10,19H,2-3,6-7,11H2,1H3. The van der Waals surface area contributed by atoms with Crippen LogP contribution in [-0.2, 0) is 4.79 Å². The Kier molecular flexibility index (Phi) is 5.81. The van der Waals surface area contributed by atoms with Crippen LogP contribution in [0.25, 0.3) is 11.1 Å². The maximum Gasteiger partial charge on any atom is 0.387 e. The van der Waals surface area contributed by atoms with E-state index in [1.165, 1.54) is 23.3 Å². The molecule has 0 radical (unpaired) electrons. The van der Waals surface area contributed by atoms with E-state index in [2.05, 4.69) is 21.5 Å². The van der Waals surface area contributed by atoms with E-state index in [0.717, 1.165) is 25.6 Å². The Hall–Kier alpha value is -3.10. The lowest BCUT2D eigenvalue weighted by Crippen LogP contribution is -2.46. The Bertz CT molecular complexity index is 887. The highest BCUT2D eigenvalue weighted by Gasteiger charge is 2.23. The zero-order valence-electron chi connectivity index (χ0n) is 15.2. The van der Waals surface area contributed by atoms with E-state index in [0.29, 0.717) is 22.5 Å². The molecular formula is C19H19F3N4O2. The van der Waals surface area contributed by atoms with Crippen molar-refractivity contribution in [1.82, 2.24) is 9.88 Å². The molecular weight excluding hydrogens is 373 g/mol. The summed E-state index contributed by atoms with van der Waals surface area (Å²) in [4.78, 5) is 18.3. The quantitative estimate of drug-likeness (QED) is 0.535. The number of carbonyl (C=O) groups excluding carboxylic acids is 1. The molecule has 0 saturated carbocycles. The Morgan fingerprint density at radius 2 is 2.11 bits per heavy atom. The number of alkyl halides is 2. The summed E-state index contributed by atoms with van der Waals surface area (Å²) < 4.78 is 42.8. The number of aromatic nitrogens is 1. The minimum absolute atomic E-state index is 0.0125. The molecule has 1 aromatic heterocycles. The maximum atomic E-state index is 13.7. The highest BCUT2D eigenvalue weighted by Crippen LogP contribution is 2.30. The molecule has 6 nitrogen and oxygen atoms in total. The van der Waals surface area contributed by atoms with Gasteiger partial charge in [0.25, 0.3) is 0 Å². The second-order valence-electron chi connectivity index (χ2n) is 6.29. The zero-order valence-corrected chi connectivity index (χ0v) is 15.2. The molecule has 1 aliphatic heterocycles. The van der Waals surface area contributed by atoms with E-state index >= 15 is 0 Å². The first-order valence-electron chi connectivity index (χ1n) is 8.62. The molecule has 1 fully saturated rings. The maximum absolute atomic E-state index is 13.7. The fourth-order valence-electron chi connectivity index (χ4n) is 2.81. The van der Waals surface area contributed by atoms with Crippen molar-refractivity contribution < 1.29 is 22.7 Å². The van der Waals surface area contributed by atoms with Gasteiger partial charge in [-0.2, -0.15) is 13.9 Å². The minimum Gasteiger partial charge on any atom is -0.432 e. The van der Waals surface area contributed by atoms with Gasteiger partial charge in [0.15, 0.2) is 11.6 Å². The summed E-state index contributed by atoms with van der Waals surface area (Å²) in [5, 5.41) is 5.35. The second kappa shape index (κ2) is 8.28. The van der Waals surface area contributed by atoms with Crippen molar-refractivity contribution >= 4 is 18.3 Å². The summed E-state index contributed by atoms with van der Waals surface area (Å²) in [5.41, 5.74) is 2.12. The van der Waals surface area contributed by atoms with Crippen LogP contribution in [0, 0.1) is 12.7 Å². The van der Waals surface area contributed by atoms with Gasteiger partial charge in [-0.05, 0) is 37.1 Å². The molecule has 3 rings (SSSR count). The average molecular weight is 392 g/mol. The van der Waals surface area contributed by atoms with Crippen molar-refractivity contribution in [2.75, 3.05) is 24.6 Å². The van der Waals surface area contributed by atoms with E-state index in [9.17, 15) is 18.0 Å². The number of hydrazone groups is 1. The molecule has 1 amide bonds. The molecule has 0 atom stereocenters. The third-order valence-electron chi connectivity index (χ3n) is 4.48. The van der Waals surface area contributed by atoms with Gasteiger partial charge in [-0.3, -0.25) is 14.8 Å². The summed E-state index contributed by atoms with van der Waals surface area (Å²) in [5.74, 6) is -1.52. The van der Waals surface area contributed by atoms with Gasteiger partial charge in [0, 0.05) is 31.6 Å². The van der Waals surface area contributed by atoms with E-state index in [-0.39, 0.29) is 12.5 Å². The van der Waals surface area contributed by atoms with Crippen LogP contribution in [-0.4, -0.2) is 48.8 Å². The van der Waals surface area contributed by atoms with Crippen LogP contribution in [0.4, 0.5) is 18.9 Å². The largest absolute Gasteiger partial charge is 0.432 e. The molecule has 2 heterocycles. The number of ether oxygens (including phenoxy) is 1. The van der Waals surface area contributed by atoms with Crippen molar-refractivity contribution in [3.8, 4) is 16.9 Å². The van der Waals surface area contributed by atoms with Crippen LogP contribution in [0.3, 0.4) is 0 Å². The monoisotopic (exact) mass is 392 g/mol. The van der Waals surface area contributed by atoms with Crippen molar-refractivity contribution in [2.45, 2.75) is 20.0 Å². The topological polar surface area (TPSA) is 58.0 Å². The number of carbonyl (C=O) groups is 1. The van der Waals surface area contributed by atoms with Gasteiger partial charge in [0.05, 0.1) is 11.4 Å². The smallest absolute Gasteiger partial charge is 0.387 e. The van der Waals surface area contributed by atoms with Gasteiger partial charge < -0.3 is 9.64 Å². The predicted octanol–water partition coefficient (Wildman–Crippen LogP) is 3.45. The van der Waals surface area contributed by atoms with Crippen LogP contribution in [0.15, 0.2) is 35.6 Å². The van der Waals surface area contributed by atoms with E-state index in [1.54, 1.807) is 17.9 Å². The fraction of sp³-hybridized carbons (Fsp3) is 0.316. The number of anilines is 1. The number of hydrogen-bond donors (Lipinski definition) is 0. The van der Waals surface area contributed by atoms with Gasteiger partial charge in [-0.1, -0.05) is 6.07 Å². The number of likely N-dealkylation sites (tertiary alicyclic amines) is 1. The highest BCUT2D eigenvalue weighted by molar-refractivity contribution is 5.83. The van der Waals surface area contributed by atoms with Crippen molar-refractivity contribution in [3.63, 3.8) is 0 Å². The number of hydrogen-bond acceptors (Lipinski definition) is 5. The Morgan fingerprint density at radius 1 is 1.36 bits per heavy atom. The Balaban J connectivity index is 1.90. The van der Waals surface area contributed by atoms with E-state index in [4.69, 9.17) is 0 Å². The first-order chi connectivity index (χ1) is 13.4. The van der Waals surface area contributed by atoms with Crippen LogP contribution in [0.1, 0.15) is 12.1 Å². The van der Waals surface area contributed by atoms with Crippen molar-refractivity contribution in [1.29, 1.82) is 0 Å². The molecule has 1 aliphatic rings. The molecule has 148 valence electrons. The molecule has 0 aliphatic carbocycles. The number of rotatable bonds is 7. The number of halogens is 3. The molecule has 0 spiro atoms. The van der Waals surface area contributed by atoms with Gasteiger partial charge >= 0.3 is 6.61 Å². The van der Waals surface area contributed by atoms with Crippen molar-refractivity contribution in [3.05, 3.63) is 42.0 Å². The van der Waals surface area contributed by atoms with Gasteiger partial charge in [-0.25, -0.2) is 4.39 Å². The first-order valence-corrected chi connectivity index (χ1v) is 8.62. The van der Waals surface area contributed by atoms with Crippen LogP contribution in [0.2, 0.25) is 0 Å². The van der Waals surface area contributed by atoms with E-state index in [1.807, 2.05) is 0 Å². The number of pyridine rings is 1. The fourth-order valence-corrected chi connectivity index (χ4v) is 2.81. The summed E-state index contributed by atoms with van der Waals surface area (Å²) in [6.07, 6.45) is 2.51. The highest BCUT2D eigenvalue weighted by atomic mass is 19.3. The van der Waals surface area contributed by atoms with Crippen LogP contribution >= 0.6 is 0 Å². The lowest BCUT2D eigenvalue weighted by Gasteiger charge is -2.32. The molecule has 1 aromatic carbocycles. The normalized spacial score (nSPS) is 13.2. The molecule has 2 aromatic rings. The molecule has 9 heteroatoms. The zero-order chi connectivity index (χ0) is 20.3. The molecule has 0 unspecified atom stereocenters. The van der Waals surface area contributed by atoms with Gasteiger partial charge in [-0.15, -0.1) is 0 Å². The minimum atomic E-state index is -3.13. The summed E-state index contributed by atoms with van der Waals surface area (Å²) in [6.45, 7) is 3.60. The molecule has 0 N–H and O–H groups in total. The Morgan fingerprint density at radius 3 is 2.71 bits per heavy atom. The summed E-state index contributed by atoms with van der Waals surface area (Å²) >= 11 is 0. The van der Waals surface area contributed by atoms with Crippen LogP contribution in [0.5, 0.6) is 5.75 Å². The third kappa shape index (κ3) is 4.24. The summed E-state index contributed by atoms with van der Waals surface area (Å²) in [7, 11) is 0. The lowest BCUT2D eigenvalue weighted by molar-refractivity contribution is -0.133. The molecule has 0 bridgehead atoms. The SMILES string of the molecule is C=NN(CC(=O)N1CCC1)c1cc(-c2ccc(F)c(OC(F)F)c2)cnc1C. The summed E-state index contributed by atoms with van der Waals surface area (Å²) in [6, 6.07) is 5.35. The van der Waals surface area contributed by atoms with Crippen LogP contribution < -0.4 is 9.75 Å². The van der Waals surface area contributed by atoms with Crippen molar-refractivity contribution in [2.24, 2.45) is 5.10 Å². The molecule has 1 saturated heterocycles. The van der Waals surface area contributed by atoms with Gasteiger partial charge in [0.1, 0.15) is 6.54 Å². The predicted molar refractivity (Wildman–Crippen MR) is 99.1 cm³/mol. The third-order valence-corrected chi connectivity index (χ3v) is 4.48. The number of benzene rings is 1. The number of nitrogens with zero attached hydrogens (tertiary/aromatic N) is 4. The second-order valence-corrected chi connectivity index (χ2v) is 6.29. The average Bonchev–Trinajstić information content (AvgIpc) is 2.60. The van der Waals surface area contributed by atoms with E-state index < -0.39 is 18.2 Å². The molecule has 28 heavy (non-hydrogen) atoms. The van der Waals surface area contributed by atoms with Gasteiger partial charge in [0.2, 0.25) is 5.91 Å². The Labute approximate surface area is 160 Å². The number of aryl methyl sites for hydroxylation is 1. The lowest BCUT2D eigenvalue weighted by atomic mass is 10.1. The first kappa shape index (κ1) is 19.7.